The quantitative estimate of drug-likeness (QED) is 0.718. The standard InChI is InChI=1S/C15H11F2N3O3/c1-21-10-4-2-3-9(7-10)14-19-13(20-23-14)12-6-5-11(8-18-12)22-15(16)17/h2-8,15H,1H3. The van der Waals surface area contributed by atoms with Crippen LogP contribution in [0.25, 0.3) is 23.0 Å². The van der Waals surface area contributed by atoms with Gasteiger partial charge in [-0.1, -0.05) is 11.2 Å². The second-order valence-electron chi connectivity index (χ2n) is 4.41. The number of aromatic nitrogens is 3. The molecule has 0 atom stereocenters. The molecule has 0 fully saturated rings. The lowest BCUT2D eigenvalue weighted by molar-refractivity contribution is -0.0500. The second-order valence-corrected chi connectivity index (χ2v) is 4.41. The molecule has 3 rings (SSSR count). The topological polar surface area (TPSA) is 70.3 Å². The van der Waals surface area contributed by atoms with Crippen molar-refractivity contribution in [3.05, 3.63) is 42.6 Å². The Labute approximate surface area is 129 Å². The largest absolute Gasteiger partial charge is 0.497 e. The van der Waals surface area contributed by atoms with E-state index < -0.39 is 6.61 Å². The fourth-order valence-corrected chi connectivity index (χ4v) is 1.89. The Hall–Kier alpha value is -3.03. The van der Waals surface area contributed by atoms with Crippen molar-refractivity contribution in [2.24, 2.45) is 0 Å². The number of ether oxygens (including phenoxy) is 2. The number of hydrogen-bond acceptors (Lipinski definition) is 6. The molecule has 0 unspecified atom stereocenters. The Morgan fingerprint density at radius 1 is 1.13 bits per heavy atom. The molecule has 8 heteroatoms. The molecule has 0 bridgehead atoms. The Balaban J connectivity index is 1.83. The van der Waals surface area contributed by atoms with Gasteiger partial charge in [-0.25, -0.2) is 4.98 Å². The maximum atomic E-state index is 12.1. The van der Waals surface area contributed by atoms with E-state index >= 15 is 0 Å². The van der Waals surface area contributed by atoms with Gasteiger partial charge in [0.15, 0.2) is 0 Å². The third-order valence-corrected chi connectivity index (χ3v) is 2.93. The van der Waals surface area contributed by atoms with Crippen LogP contribution < -0.4 is 9.47 Å². The summed E-state index contributed by atoms with van der Waals surface area (Å²) in [6.45, 7) is -2.90. The summed E-state index contributed by atoms with van der Waals surface area (Å²) in [5.74, 6) is 1.16. The first-order chi connectivity index (χ1) is 11.2. The van der Waals surface area contributed by atoms with E-state index in [1.54, 1.807) is 31.4 Å². The summed E-state index contributed by atoms with van der Waals surface area (Å²) in [6.07, 6.45) is 1.17. The highest BCUT2D eigenvalue weighted by atomic mass is 19.3. The van der Waals surface area contributed by atoms with E-state index in [0.29, 0.717) is 22.9 Å². The van der Waals surface area contributed by atoms with Gasteiger partial charge >= 0.3 is 6.61 Å². The highest BCUT2D eigenvalue weighted by Gasteiger charge is 2.13. The molecule has 0 saturated carbocycles. The summed E-state index contributed by atoms with van der Waals surface area (Å²) in [5, 5.41) is 3.83. The molecule has 0 saturated heterocycles. The molecule has 23 heavy (non-hydrogen) atoms. The van der Waals surface area contributed by atoms with Crippen LogP contribution in [0.5, 0.6) is 11.5 Å². The second kappa shape index (κ2) is 6.39. The number of halogens is 2. The van der Waals surface area contributed by atoms with Gasteiger partial charge in [-0.05, 0) is 30.3 Å². The minimum atomic E-state index is -2.90. The third kappa shape index (κ3) is 3.42. The van der Waals surface area contributed by atoms with Gasteiger partial charge in [-0.2, -0.15) is 13.8 Å². The monoisotopic (exact) mass is 319 g/mol. The van der Waals surface area contributed by atoms with Crippen LogP contribution in [0.2, 0.25) is 0 Å². The van der Waals surface area contributed by atoms with E-state index in [1.807, 2.05) is 0 Å². The Morgan fingerprint density at radius 2 is 2.00 bits per heavy atom. The van der Waals surface area contributed by atoms with Gasteiger partial charge in [0.1, 0.15) is 17.2 Å². The summed E-state index contributed by atoms with van der Waals surface area (Å²) in [7, 11) is 1.56. The minimum absolute atomic E-state index is 0.0414. The molecular weight excluding hydrogens is 308 g/mol. The van der Waals surface area contributed by atoms with Gasteiger partial charge < -0.3 is 14.0 Å². The van der Waals surface area contributed by atoms with Crippen molar-refractivity contribution in [1.82, 2.24) is 15.1 Å². The van der Waals surface area contributed by atoms with Gasteiger partial charge in [0, 0.05) is 5.56 Å². The lowest BCUT2D eigenvalue weighted by atomic mass is 10.2. The lowest BCUT2D eigenvalue weighted by Crippen LogP contribution is -2.02. The van der Waals surface area contributed by atoms with Gasteiger partial charge in [0.2, 0.25) is 5.82 Å². The van der Waals surface area contributed by atoms with Gasteiger partial charge in [-0.15, -0.1) is 0 Å². The van der Waals surface area contributed by atoms with E-state index in [1.165, 1.54) is 18.3 Å². The van der Waals surface area contributed by atoms with Crippen molar-refractivity contribution in [3.63, 3.8) is 0 Å². The Bertz CT molecular complexity index is 791. The number of hydrogen-bond donors (Lipinski definition) is 0. The normalized spacial score (nSPS) is 10.8. The van der Waals surface area contributed by atoms with Gasteiger partial charge in [0.25, 0.3) is 5.89 Å². The molecule has 0 aliphatic heterocycles. The number of nitrogens with zero attached hydrogens (tertiary/aromatic N) is 3. The fraction of sp³-hybridized carbons (Fsp3) is 0.133. The Morgan fingerprint density at radius 3 is 2.70 bits per heavy atom. The van der Waals surface area contributed by atoms with E-state index in [2.05, 4.69) is 19.9 Å². The van der Waals surface area contributed by atoms with Crippen LogP contribution in [0.3, 0.4) is 0 Å². The van der Waals surface area contributed by atoms with Crippen LogP contribution in [-0.4, -0.2) is 28.8 Å². The summed E-state index contributed by atoms with van der Waals surface area (Å²) in [6, 6.07) is 9.97. The smallest absolute Gasteiger partial charge is 0.387 e. The van der Waals surface area contributed by atoms with Crippen LogP contribution in [-0.2, 0) is 0 Å². The summed E-state index contributed by atoms with van der Waals surface area (Å²) in [5.41, 5.74) is 1.07. The van der Waals surface area contributed by atoms with Crippen LogP contribution in [0.4, 0.5) is 8.78 Å². The lowest BCUT2D eigenvalue weighted by Gasteiger charge is -2.03. The fourth-order valence-electron chi connectivity index (χ4n) is 1.89. The number of benzene rings is 1. The number of alkyl halides is 2. The first kappa shape index (κ1) is 14.9. The zero-order valence-corrected chi connectivity index (χ0v) is 11.9. The number of methoxy groups -OCH3 is 1. The Kier molecular flexibility index (Phi) is 4.13. The summed E-state index contributed by atoms with van der Waals surface area (Å²) in [4.78, 5) is 8.21. The van der Waals surface area contributed by atoms with Crippen molar-refractivity contribution in [3.8, 4) is 34.5 Å². The van der Waals surface area contributed by atoms with Crippen molar-refractivity contribution < 1.29 is 22.8 Å². The maximum absolute atomic E-state index is 12.1. The zero-order valence-electron chi connectivity index (χ0n) is 11.9. The molecular formula is C15H11F2N3O3. The molecule has 0 spiro atoms. The van der Waals surface area contributed by atoms with Crippen molar-refractivity contribution >= 4 is 0 Å². The molecule has 0 aliphatic rings. The average molecular weight is 319 g/mol. The summed E-state index contributed by atoms with van der Waals surface area (Å²) >= 11 is 0. The van der Waals surface area contributed by atoms with Crippen LogP contribution >= 0.6 is 0 Å². The highest BCUT2D eigenvalue weighted by molar-refractivity contribution is 5.59. The highest BCUT2D eigenvalue weighted by Crippen LogP contribution is 2.25. The van der Waals surface area contributed by atoms with Crippen LogP contribution in [0.15, 0.2) is 47.1 Å². The van der Waals surface area contributed by atoms with Crippen molar-refractivity contribution in [2.45, 2.75) is 6.61 Å². The number of pyridine rings is 1. The molecule has 0 aliphatic carbocycles. The van der Waals surface area contributed by atoms with Gasteiger partial charge in [-0.3, -0.25) is 0 Å². The molecule has 0 radical (unpaired) electrons. The van der Waals surface area contributed by atoms with Crippen molar-refractivity contribution in [2.75, 3.05) is 7.11 Å². The first-order valence-electron chi connectivity index (χ1n) is 6.55. The minimum Gasteiger partial charge on any atom is -0.497 e. The van der Waals surface area contributed by atoms with Gasteiger partial charge in [0.05, 0.1) is 13.3 Å². The predicted octanol–water partition coefficient (Wildman–Crippen LogP) is 3.41. The van der Waals surface area contributed by atoms with Crippen LogP contribution in [0, 0.1) is 0 Å². The molecule has 0 amide bonds. The molecule has 0 N–H and O–H groups in total. The molecule has 2 heterocycles. The predicted molar refractivity (Wildman–Crippen MR) is 76.1 cm³/mol. The van der Waals surface area contributed by atoms with Crippen molar-refractivity contribution in [1.29, 1.82) is 0 Å². The van der Waals surface area contributed by atoms with E-state index in [0.717, 1.165) is 0 Å². The average Bonchev–Trinajstić information content (AvgIpc) is 3.05. The van der Waals surface area contributed by atoms with E-state index in [9.17, 15) is 8.78 Å². The molecule has 3 aromatic rings. The van der Waals surface area contributed by atoms with E-state index in [-0.39, 0.29) is 11.6 Å². The molecule has 118 valence electrons. The summed E-state index contributed by atoms with van der Waals surface area (Å²) < 4.78 is 38.8. The maximum Gasteiger partial charge on any atom is 0.387 e. The third-order valence-electron chi connectivity index (χ3n) is 2.93. The zero-order chi connectivity index (χ0) is 16.2. The molecule has 1 aromatic carbocycles. The number of rotatable bonds is 5. The van der Waals surface area contributed by atoms with E-state index in [4.69, 9.17) is 9.26 Å². The molecule has 6 nitrogen and oxygen atoms in total. The SMILES string of the molecule is COc1cccc(-c2nc(-c3ccc(OC(F)F)cn3)no2)c1. The molecule has 2 aromatic heterocycles. The first-order valence-corrected chi connectivity index (χ1v) is 6.55. The van der Waals surface area contributed by atoms with Crippen LogP contribution in [0.1, 0.15) is 0 Å².